The van der Waals surface area contributed by atoms with Gasteiger partial charge in [-0.25, -0.2) is 8.78 Å². The summed E-state index contributed by atoms with van der Waals surface area (Å²) in [6, 6.07) is 1.26. The molecule has 4 nitrogen and oxygen atoms in total. The van der Waals surface area contributed by atoms with Crippen molar-refractivity contribution < 1.29 is 26.5 Å². The molecule has 0 aromatic heterocycles. The molecule has 1 rings (SSSR count). The number of carbonyl (C=O) groups is 1. The van der Waals surface area contributed by atoms with Crippen LogP contribution in [0.2, 0.25) is 0 Å². The quantitative estimate of drug-likeness (QED) is 0.626. The molecule has 0 unspecified atom stereocenters. The van der Waals surface area contributed by atoms with Crippen LogP contribution >= 0.6 is 0 Å². The second-order valence-corrected chi connectivity index (χ2v) is 4.07. The summed E-state index contributed by atoms with van der Waals surface area (Å²) in [6.45, 7) is 0. The highest BCUT2D eigenvalue weighted by molar-refractivity contribution is 7.85. The maximum Gasteiger partial charge on any atom is 0.294 e. The summed E-state index contributed by atoms with van der Waals surface area (Å²) in [6.07, 6.45) is -0.411. The molecule has 1 N–H and O–H groups in total. The molecule has 0 spiro atoms. The van der Waals surface area contributed by atoms with Gasteiger partial charge in [-0.1, -0.05) is 0 Å². The molecule has 0 aliphatic rings. The molecule has 0 atom stereocenters. The van der Waals surface area contributed by atoms with Crippen LogP contribution in [0.25, 0.3) is 0 Å². The standard InChI is InChI=1S/C8H6F2O4S/c9-6-1-2-7(15(12,13)14)5(3-4-11)8(6)10/h1-2,4H,3H2,(H,12,13,14). The fourth-order valence-electron chi connectivity index (χ4n) is 1.09. The molecule has 1 aromatic rings. The van der Waals surface area contributed by atoms with E-state index < -0.39 is 38.6 Å². The summed E-state index contributed by atoms with van der Waals surface area (Å²) in [7, 11) is -4.66. The van der Waals surface area contributed by atoms with E-state index in [2.05, 4.69) is 0 Å². The number of hydrogen-bond donors (Lipinski definition) is 1. The van der Waals surface area contributed by atoms with Crippen molar-refractivity contribution in [1.82, 2.24) is 0 Å². The van der Waals surface area contributed by atoms with Gasteiger partial charge < -0.3 is 4.79 Å². The highest BCUT2D eigenvalue weighted by atomic mass is 32.2. The Kier molecular flexibility index (Phi) is 3.15. The SMILES string of the molecule is O=CCc1c(S(=O)(=O)O)ccc(F)c1F. The van der Waals surface area contributed by atoms with Crippen molar-refractivity contribution >= 4 is 16.4 Å². The number of benzene rings is 1. The molecule has 0 aliphatic carbocycles. The summed E-state index contributed by atoms with van der Waals surface area (Å²) in [4.78, 5) is 9.35. The third kappa shape index (κ3) is 2.37. The van der Waals surface area contributed by atoms with E-state index in [1.165, 1.54) is 0 Å². The number of carbonyl (C=O) groups excluding carboxylic acids is 1. The number of hydrogen-bond acceptors (Lipinski definition) is 3. The van der Waals surface area contributed by atoms with Crippen LogP contribution in [0.4, 0.5) is 8.78 Å². The van der Waals surface area contributed by atoms with Crippen molar-refractivity contribution in [1.29, 1.82) is 0 Å². The average molecular weight is 236 g/mol. The lowest BCUT2D eigenvalue weighted by Crippen LogP contribution is -2.07. The van der Waals surface area contributed by atoms with Crippen molar-refractivity contribution in [3.05, 3.63) is 29.3 Å². The Balaban J connectivity index is 3.53. The lowest BCUT2D eigenvalue weighted by atomic mass is 10.1. The summed E-state index contributed by atoms with van der Waals surface area (Å²) >= 11 is 0. The van der Waals surface area contributed by atoms with Gasteiger partial charge in [0.1, 0.15) is 11.2 Å². The zero-order chi connectivity index (χ0) is 11.6. The second kappa shape index (κ2) is 4.03. The van der Waals surface area contributed by atoms with Crippen LogP contribution in [0.5, 0.6) is 0 Å². The highest BCUT2D eigenvalue weighted by Crippen LogP contribution is 2.21. The van der Waals surface area contributed by atoms with Crippen molar-refractivity contribution in [2.75, 3.05) is 0 Å². The Morgan fingerprint density at radius 1 is 1.33 bits per heavy atom. The smallest absolute Gasteiger partial charge is 0.294 e. The largest absolute Gasteiger partial charge is 0.303 e. The van der Waals surface area contributed by atoms with E-state index in [1.54, 1.807) is 0 Å². The van der Waals surface area contributed by atoms with Gasteiger partial charge in [0.05, 0.1) is 0 Å². The van der Waals surface area contributed by atoms with E-state index in [0.717, 1.165) is 0 Å². The average Bonchev–Trinajstić information content (AvgIpc) is 2.11. The van der Waals surface area contributed by atoms with E-state index in [4.69, 9.17) is 4.55 Å². The van der Waals surface area contributed by atoms with E-state index >= 15 is 0 Å². The minimum atomic E-state index is -4.66. The Morgan fingerprint density at radius 2 is 1.93 bits per heavy atom. The van der Waals surface area contributed by atoms with Gasteiger partial charge in [0.2, 0.25) is 0 Å². The molecular formula is C8H6F2O4S. The maximum atomic E-state index is 13.1. The summed E-state index contributed by atoms with van der Waals surface area (Å²) in [5.41, 5.74) is -0.674. The first-order valence-corrected chi connectivity index (χ1v) is 5.20. The fraction of sp³-hybridized carbons (Fsp3) is 0.125. The highest BCUT2D eigenvalue weighted by Gasteiger charge is 2.20. The van der Waals surface area contributed by atoms with Gasteiger partial charge in [-0.2, -0.15) is 8.42 Å². The second-order valence-electron chi connectivity index (χ2n) is 2.68. The van der Waals surface area contributed by atoms with E-state index in [1.807, 2.05) is 0 Å². The molecule has 0 saturated heterocycles. The molecule has 0 heterocycles. The number of halogens is 2. The van der Waals surface area contributed by atoms with Crippen LogP contribution in [-0.2, 0) is 21.3 Å². The van der Waals surface area contributed by atoms with Gasteiger partial charge >= 0.3 is 0 Å². The Morgan fingerprint density at radius 3 is 2.40 bits per heavy atom. The van der Waals surface area contributed by atoms with Crippen LogP contribution < -0.4 is 0 Å². The first-order valence-electron chi connectivity index (χ1n) is 3.76. The van der Waals surface area contributed by atoms with Gasteiger partial charge in [-0.15, -0.1) is 0 Å². The lowest BCUT2D eigenvalue weighted by Gasteiger charge is -2.05. The molecule has 1 aromatic carbocycles. The predicted molar refractivity (Wildman–Crippen MR) is 45.9 cm³/mol. The van der Waals surface area contributed by atoms with E-state index in [9.17, 15) is 22.0 Å². The van der Waals surface area contributed by atoms with Crippen molar-refractivity contribution in [2.24, 2.45) is 0 Å². The van der Waals surface area contributed by atoms with Crippen molar-refractivity contribution in [3.8, 4) is 0 Å². The van der Waals surface area contributed by atoms with Gasteiger partial charge in [-0.3, -0.25) is 4.55 Å². The summed E-state index contributed by atoms with van der Waals surface area (Å²) in [5.74, 6) is -2.73. The lowest BCUT2D eigenvalue weighted by molar-refractivity contribution is -0.107. The van der Waals surface area contributed by atoms with Gasteiger partial charge in [0.15, 0.2) is 11.6 Å². The third-order valence-corrected chi connectivity index (χ3v) is 2.66. The van der Waals surface area contributed by atoms with Crippen LogP contribution in [0.1, 0.15) is 5.56 Å². The molecule has 0 fully saturated rings. The monoisotopic (exact) mass is 236 g/mol. The normalized spacial score (nSPS) is 11.4. The molecule has 0 saturated carbocycles. The molecule has 0 amide bonds. The van der Waals surface area contributed by atoms with Crippen molar-refractivity contribution in [3.63, 3.8) is 0 Å². The van der Waals surface area contributed by atoms with Crippen LogP contribution in [0.15, 0.2) is 17.0 Å². The van der Waals surface area contributed by atoms with E-state index in [0.29, 0.717) is 12.1 Å². The molecule has 82 valence electrons. The zero-order valence-corrected chi connectivity index (χ0v) is 8.09. The number of rotatable bonds is 3. The molecule has 0 aliphatic heterocycles. The number of aldehydes is 1. The van der Waals surface area contributed by atoms with Crippen LogP contribution in [0.3, 0.4) is 0 Å². The zero-order valence-electron chi connectivity index (χ0n) is 7.28. The van der Waals surface area contributed by atoms with Crippen LogP contribution in [-0.4, -0.2) is 19.3 Å². The van der Waals surface area contributed by atoms with E-state index in [-0.39, 0.29) is 6.29 Å². The van der Waals surface area contributed by atoms with Crippen molar-refractivity contribution in [2.45, 2.75) is 11.3 Å². The van der Waals surface area contributed by atoms with Gasteiger partial charge in [0, 0.05) is 12.0 Å². The third-order valence-electron chi connectivity index (χ3n) is 1.72. The summed E-state index contributed by atoms with van der Waals surface area (Å²) < 4.78 is 55.9. The molecule has 15 heavy (non-hydrogen) atoms. The molecule has 7 heteroatoms. The topological polar surface area (TPSA) is 71.4 Å². The predicted octanol–water partition coefficient (Wildman–Crippen LogP) is 0.953. The fourth-order valence-corrected chi connectivity index (χ4v) is 1.81. The minimum absolute atomic E-state index is 0.215. The Labute approximate surface area is 84.3 Å². The Bertz CT molecular complexity index is 496. The maximum absolute atomic E-state index is 13.1. The van der Waals surface area contributed by atoms with Crippen LogP contribution in [0, 0.1) is 11.6 Å². The molecular weight excluding hydrogens is 230 g/mol. The first-order chi connectivity index (χ1) is 6.88. The minimum Gasteiger partial charge on any atom is -0.303 e. The van der Waals surface area contributed by atoms with Gasteiger partial charge in [-0.05, 0) is 12.1 Å². The summed E-state index contributed by atoms with van der Waals surface area (Å²) in [5, 5.41) is 0. The molecule has 0 radical (unpaired) electrons. The molecule has 0 bridgehead atoms. The van der Waals surface area contributed by atoms with Gasteiger partial charge in [0.25, 0.3) is 10.1 Å². The first kappa shape index (κ1) is 11.7. The Hall–Kier alpha value is -1.34.